The van der Waals surface area contributed by atoms with E-state index in [0.717, 1.165) is 70.5 Å². The van der Waals surface area contributed by atoms with Gasteiger partial charge in [-0.25, -0.2) is 0 Å². The lowest BCUT2D eigenvalue weighted by molar-refractivity contribution is -0.130. The number of rotatable bonds is 3. The topological polar surface area (TPSA) is 32.8 Å². The minimum atomic E-state index is 0.381. The second-order valence-corrected chi connectivity index (χ2v) is 7.54. The van der Waals surface area contributed by atoms with E-state index in [1.165, 1.54) is 12.1 Å². The van der Waals surface area contributed by atoms with Crippen molar-refractivity contribution in [3.05, 3.63) is 29.8 Å². The molecule has 24 heavy (non-hydrogen) atoms. The summed E-state index contributed by atoms with van der Waals surface area (Å²) in [5, 5.41) is 0. The lowest BCUT2D eigenvalue weighted by Crippen LogP contribution is -2.46. The van der Waals surface area contributed by atoms with Crippen molar-refractivity contribution >= 4 is 5.91 Å². The van der Waals surface area contributed by atoms with E-state index in [-0.39, 0.29) is 0 Å². The third kappa shape index (κ3) is 3.44. The van der Waals surface area contributed by atoms with Gasteiger partial charge in [0.1, 0.15) is 5.75 Å². The quantitative estimate of drug-likeness (QED) is 0.855. The molecule has 0 saturated carbocycles. The molecule has 0 bridgehead atoms. The molecular weight excluding hydrogens is 300 g/mol. The average molecular weight is 328 g/mol. The van der Waals surface area contributed by atoms with E-state index in [2.05, 4.69) is 34.1 Å². The summed E-state index contributed by atoms with van der Waals surface area (Å²) in [7, 11) is 0. The van der Waals surface area contributed by atoms with Crippen molar-refractivity contribution in [2.45, 2.75) is 44.6 Å². The lowest BCUT2D eigenvalue weighted by Gasteiger charge is -2.38. The van der Waals surface area contributed by atoms with Gasteiger partial charge in [0.15, 0.2) is 0 Å². The van der Waals surface area contributed by atoms with Crippen LogP contribution < -0.4 is 4.74 Å². The third-order valence-corrected chi connectivity index (χ3v) is 5.89. The van der Waals surface area contributed by atoms with Gasteiger partial charge in [-0.1, -0.05) is 18.2 Å². The summed E-state index contributed by atoms with van der Waals surface area (Å²) in [6, 6.07) is 8.97. The van der Waals surface area contributed by atoms with Crippen molar-refractivity contribution < 1.29 is 9.53 Å². The summed E-state index contributed by atoms with van der Waals surface area (Å²) in [6.45, 7) is 5.25. The molecule has 4 rings (SSSR count). The fourth-order valence-electron chi connectivity index (χ4n) is 4.55. The molecule has 3 aliphatic rings. The standard InChI is InChI=1S/C20H28N2O2/c23-20-6-3-10-22(20)18-7-11-21(12-8-18)15-16-9-13-24-19-5-2-1-4-17(19)14-16/h1-2,4-5,16,18H,3,6-15H2/t16-/m0/s1. The summed E-state index contributed by atoms with van der Waals surface area (Å²) < 4.78 is 5.90. The number of piperidine rings is 1. The predicted octanol–water partition coefficient (Wildman–Crippen LogP) is 2.71. The molecule has 0 N–H and O–H groups in total. The monoisotopic (exact) mass is 328 g/mol. The normalized spacial score (nSPS) is 26.1. The lowest BCUT2D eigenvalue weighted by atomic mass is 9.95. The molecule has 130 valence electrons. The summed E-state index contributed by atoms with van der Waals surface area (Å²) in [5.74, 6) is 2.14. The molecule has 3 aliphatic heterocycles. The van der Waals surface area contributed by atoms with Crippen molar-refractivity contribution in [2.24, 2.45) is 5.92 Å². The maximum atomic E-state index is 11.9. The van der Waals surface area contributed by atoms with Gasteiger partial charge in [-0.15, -0.1) is 0 Å². The van der Waals surface area contributed by atoms with Gasteiger partial charge in [-0.3, -0.25) is 4.79 Å². The Bertz CT molecular complexity index is 581. The first-order valence-corrected chi connectivity index (χ1v) is 9.52. The van der Waals surface area contributed by atoms with Gasteiger partial charge in [0.05, 0.1) is 6.61 Å². The largest absolute Gasteiger partial charge is 0.493 e. The number of hydrogen-bond acceptors (Lipinski definition) is 3. The van der Waals surface area contributed by atoms with Gasteiger partial charge in [0.2, 0.25) is 5.91 Å². The van der Waals surface area contributed by atoms with Crippen molar-refractivity contribution in [3.8, 4) is 5.75 Å². The fraction of sp³-hybridized carbons (Fsp3) is 0.650. The number of benzene rings is 1. The summed E-state index contributed by atoms with van der Waals surface area (Å²) in [4.78, 5) is 16.7. The minimum absolute atomic E-state index is 0.381. The van der Waals surface area contributed by atoms with Crippen LogP contribution in [0.5, 0.6) is 5.75 Å². The maximum Gasteiger partial charge on any atom is 0.222 e. The number of ether oxygens (including phenoxy) is 1. The van der Waals surface area contributed by atoms with Crippen molar-refractivity contribution in [1.29, 1.82) is 0 Å². The molecule has 2 saturated heterocycles. The molecule has 0 aliphatic carbocycles. The number of fused-ring (bicyclic) bond motifs is 1. The van der Waals surface area contributed by atoms with Crippen LogP contribution in [-0.4, -0.2) is 54.5 Å². The Morgan fingerprint density at radius 1 is 1.08 bits per heavy atom. The number of amides is 1. The first kappa shape index (κ1) is 15.9. The molecule has 1 atom stereocenters. The van der Waals surface area contributed by atoms with Gasteiger partial charge < -0.3 is 14.5 Å². The summed E-state index contributed by atoms with van der Waals surface area (Å²) in [5.41, 5.74) is 1.36. The van der Waals surface area contributed by atoms with Crippen LogP contribution >= 0.6 is 0 Å². The van der Waals surface area contributed by atoms with Crippen molar-refractivity contribution in [3.63, 3.8) is 0 Å². The van der Waals surface area contributed by atoms with E-state index in [1.807, 2.05) is 0 Å². The average Bonchev–Trinajstić information content (AvgIpc) is 2.92. The van der Waals surface area contributed by atoms with Crippen LogP contribution in [0.15, 0.2) is 24.3 Å². The highest BCUT2D eigenvalue weighted by Gasteiger charge is 2.31. The van der Waals surface area contributed by atoms with Crippen LogP contribution in [0.4, 0.5) is 0 Å². The summed E-state index contributed by atoms with van der Waals surface area (Å²) in [6.07, 6.45) is 6.37. The van der Waals surface area contributed by atoms with E-state index in [0.29, 0.717) is 17.9 Å². The second-order valence-electron chi connectivity index (χ2n) is 7.54. The molecule has 1 aromatic carbocycles. The Kier molecular flexibility index (Phi) is 4.74. The van der Waals surface area contributed by atoms with Crippen molar-refractivity contribution in [2.75, 3.05) is 32.8 Å². The van der Waals surface area contributed by atoms with Gasteiger partial charge >= 0.3 is 0 Å². The van der Waals surface area contributed by atoms with Crippen LogP contribution in [0.25, 0.3) is 0 Å². The van der Waals surface area contributed by atoms with Gasteiger partial charge in [0, 0.05) is 38.6 Å². The first-order chi connectivity index (χ1) is 11.8. The molecule has 1 aromatic rings. The predicted molar refractivity (Wildman–Crippen MR) is 94.2 cm³/mol. The van der Waals surface area contributed by atoms with E-state index in [4.69, 9.17) is 4.74 Å². The molecule has 0 spiro atoms. The Balaban J connectivity index is 1.30. The molecule has 0 aromatic heterocycles. The molecule has 0 radical (unpaired) electrons. The zero-order chi connectivity index (χ0) is 16.4. The number of para-hydroxylation sites is 1. The molecular formula is C20H28N2O2. The van der Waals surface area contributed by atoms with E-state index >= 15 is 0 Å². The van der Waals surface area contributed by atoms with E-state index < -0.39 is 0 Å². The van der Waals surface area contributed by atoms with Gasteiger partial charge in [0.25, 0.3) is 0 Å². The van der Waals surface area contributed by atoms with E-state index in [9.17, 15) is 4.79 Å². The highest BCUT2D eigenvalue weighted by molar-refractivity contribution is 5.78. The van der Waals surface area contributed by atoms with E-state index in [1.54, 1.807) is 0 Å². The Hall–Kier alpha value is -1.55. The molecule has 2 fully saturated rings. The van der Waals surface area contributed by atoms with Crippen molar-refractivity contribution in [1.82, 2.24) is 9.80 Å². The smallest absolute Gasteiger partial charge is 0.222 e. The second kappa shape index (κ2) is 7.14. The maximum absolute atomic E-state index is 11.9. The van der Waals surface area contributed by atoms with Crippen LogP contribution in [-0.2, 0) is 11.2 Å². The number of likely N-dealkylation sites (tertiary alicyclic amines) is 2. The number of hydrogen-bond donors (Lipinski definition) is 0. The van der Waals surface area contributed by atoms with Crippen LogP contribution in [0.3, 0.4) is 0 Å². The van der Waals surface area contributed by atoms with Crippen LogP contribution in [0.1, 0.15) is 37.7 Å². The highest BCUT2D eigenvalue weighted by Crippen LogP contribution is 2.28. The third-order valence-electron chi connectivity index (χ3n) is 5.89. The Labute approximate surface area is 144 Å². The van der Waals surface area contributed by atoms with Crippen LogP contribution in [0.2, 0.25) is 0 Å². The number of carbonyl (C=O) groups excluding carboxylic acids is 1. The van der Waals surface area contributed by atoms with Crippen LogP contribution in [0, 0.1) is 5.92 Å². The Morgan fingerprint density at radius 3 is 2.71 bits per heavy atom. The molecule has 3 heterocycles. The minimum Gasteiger partial charge on any atom is -0.493 e. The zero-order valence-electron chi connectivity index (χ0n) is 14.5. The molecule has 4 heteroatoms. The number of nitrogens with zero attached hydrogens (tertiary/aromatic N) is 2. The first-order valence-electron chi connectivity index (χ1n) is 9.52. The highest BCUT2D eigenvalue weighted by atomic mass is 16.5. The molecule has 1 amide bonds. The fourth-order valence-corrected chi connectivity index (χ4v) is 4.55. The van der Waals surface area contributed by atoms with Gasteiger partial charge in [-0.2, -0.15) is 0 Å². The SMILES string of the molecule is O=C1CCCN1C1CCN(C[C@H]2CCOc3ccccc3C2)CC1. The number of carbonyl (C=O) groups is 1. The summed E-state index contributed by atoms with van der Waals surface area (Å²) >= 11 is 0. The molecule has 4 nitrogen and oxygen atoms in total. The zero-order valence-corrected chi connectivity index (χ0v) is 14.5. The molecule has 0 unspecified atom stereocenters. The Morgan fingerprint density at radius 2 is 1.92 bits per heavy atom. The van der Waals surface area contributed by atoms with Gasteiger partial charge in [-0.05, 0) is 49.7 Å².